The van der Waals surface area contributed by atoms with Gasteiger partial charge in [-0.3, -0.25) is 0 Å². The summed E-state index contributed by atoms with van der Waals surface area (Å²) >= 11 is 0. The normalized spacial score (nSPS) is 11.3. The Balaban J connectivity index is 2.01. The minimum absolute atomic E-state index is 0.746. The zero-order chi connectivity index (χ0) is 11.9. The monoisotopic (exact) mass is 233 g/mol. The van der Waals surface area contributed by atoms with E-state index in [1.54, 1.807) is 6.20 Å². The zero-order valence-electron chi connectivity index (χ0n) is 9.47. The highest BCUT2D eigenvalue weighted by Crippen LogP contribution is 2.31. The molecule has 0 spiro atoms. The van der Waals surface area contributed by atoms with Crippen LogP contribution in [-0.2, 0) is 0 Å². The van der Waals surface area contributed by atoms with Crippen molar-refractivity contribution in [3.8, 4) is 11.3 Å². The van der Waals surface area contributed by atoms with E-state index in [2.05, 4.69) is 16.0 Å². The van der Waals surface area contributed by atoms with Gasteiger partial charge in [-0.15, -0.1) is 0 Å². The number of fused-ring (bicyclic) bond motifs is 2. The molecule has 0 bridgehead atoms. The molecule has 0 saturated carbocycles. The number of rotatable bonds is 1. The van der Waals surface area contributed by atoms with Crippen molar-refractivity contribution >= 4 is 22.0 Å². The number of aromatic nitrogens is 2. The Bertz CT molecular complexity index is 809. The maximum atomic E-state index is 5.82. The van der Waals surface area contributed by atoms with E-state index in [1.165, 1.54) is 0 Å². The third-order valence-corrected chi connectivity index (χ3v) is 3.04. The van der Waals surface area contributed by atoms with Crippen LogP contribution in [0.2, 0.25) is 0 Å². The highest BCUT2D eigenvalue weighted by Gasteiger charge is 2.11. The molecule has 0 aliphatic heterocycles. The Kier molecular flexibility index (Phi) is 1.83. The number of para-hydroxylation sites is 1. The largest absolute Gasteiger partial charge is 0.455 e. The van der Waals surface area contributed by atoms with Gasteiger partial charge in [-0.25, -0.2) is 4.98 Å². The summed E-state index contributed by atoms with van der Waals surface area (Å²) in [6, 6.07) is 15.1. The third kappa shape index (κ3) is 1.27. The topological polar surface area (TPSA) is 41.8 Å². The van der Waals surface area contributed by atoms with E-state index >= 15 is 0 Å². The van der Waals surface area contributed by atoms with Crippen LogP contribution in [0.5, 0.6) is 0 Å². The smallest absolute Gasteiger partial charge is 0.145 e. The fourth-order valence-electron chi connectivity index (χ4n) is 2.18. The molecule has 18 heavy (non-hydrogen) atoms. The predicted octanol–water partition coefficient (Wildman–Crippen LogP) is 3.78. The van der Waals surface area contributed by atoms with Crippen LogP contribution >= 0.6 is 0 Å². The van der Waals surface area contributed by atoms with Crippen LogP contribution < -0.4 is 0 Å². The zero-order valence-corrected chi connectivity index (χ0v) is 9.47. The van der Waals surface area contributed by atoms with Gasteiger partial charge in [-0.05, 0) is 18.2 Å². The van der Waals surface area contributed by atoms with Crippen molar-refractivity contribution in [3.05, 3.63) is 54.9 Å². The molecule has 0 atom stereocenters. The van der Waals surface area contributed by atoms with E-state index < -0.39 is 0 Å². The minimum atomic E-state index is 0.746. The molecule has 0 amide bonds. The van der Waals surface area contributed by atoms with E-state index in [9.17, 15) is 0 Å². The van der Waals surface area contributed by atoms with Gasteiger partial charge in [-0.1, -0.05) is 18.2 Å². The van der Waals surface area contributed by atoms with Crippen molar-refractivity contribution in [1.29, 1.82) is 0 Å². The number of nitrogens with zero attached hydrogens (tertiary/aromatic N) is 1. The molecule has 3 nitrogen and oxygen atoms in total. The molecule has 0 aliphatic carbocycles. The molecule has 1 radical (unpaired) electrons. The summed E-state index contributed by atoms with van der Waals surface area (Å²) in [6.45, 7) is 0. The summed E-state index contributed by atoms with van der Waals surface area (Å²) in [4.78, 5) is 7.41. The average molecular weight is 233 g/mol. The summed E-state index contributed by atoms with van der Waals surface area (Å²) in [6.07, 6.45) is 3.68. The van der Waals surface area contributed by atoms with Crippen molar-refractivity contribution in [2.24, 2.45) is 0 Å². The quantitative estimate of drug-likeness (QED) is 0.543. The first-order chi connectivity index (χ1) is 8.92. The SMILES string of the molecule is [c]1c(-c2c[nH]c3ncccc23)oc2ccccc12. The average Bonchev–Trinajstić information content (AvgIpc) is 3.02. The molecular weight excluding hydrogens is 224 g/mol. The molecule has 0 aliphatic rings. The highest BCUT2D eigenvalue weighted by molar-refractivity contribution is 5.94. The Morgan fingerprint density at radius 2 is 2.06 bits per heavy atom. The van der Waals surface area contributed by atoms with Crippen molar-refractivity contribution in [3.63, 3.8) is 0 Å². The van der Waals surface area contributed by atoms with Crippen LogP contribution in [0.1, 0.15) is 0 Å². The van der Waals surface area contributed by atoms with Crippen LogP contribution in [-0.4, -0.2) is 9.97 Å². The second-order valence-corrected chi connectivity index (χ2v) is 4.15. The van der Waals surface area contributed by atoms with E-state index in [-0.39, 0.29) is 0 Å². The Labute approximate surface area is 103 Å². The lowest BCUT2D eigenvalue weighted by Gasteiger charge is -1.92. The Hall–Kier alpha value is -2.55. The second-order valence-electron chi connectivity index (χ2n) is 4.15. The summed E-state index contributed by atoms with van der Waals surface area (Å²) in [7, 11) is 0. The highest BCUT2D eigenvalue weighted by atomic mass is 16.3. The Morgan fingerprint density at radius 3 is 3.00 bits per heavy atom. The molecule has 0 saturated heterocycles. The summed E-state index contributed by atoms with van der Waals surface area (Å²) in [5, 5.41) is 2.04. The number of aromatic amines is 1. The molecule has 0 fully saturated rings. The first-order valence-electron chi connectivity index (χ1n) is 5.75. The van der Waals surface area contributed by atoms with E-state index in [0.29, 0.717) is 0 Å². The maximum Gasteiger partial charge on any atom is 0.145 e. The van der Waals surface area contributed by atoms with Crippen molar-refractivity contribution < 1.29 is 4.42 Å². The van der Waals surface area contributed by atoms with Crippen molar-refractivity contribution in [1.82, 2.24) is 9.97 Å². The van der Waals surface area contributed by atoms with Gasteiger partial charge in [0.15, 0.2) is 0 Å². The lowest BCUT2D eigenvalue weighted by molar-refractivity contribution is 0.631. The van der Waals surface area contributed by atoms with Gasteiger partial charge in [0, 0.05) is 34.8 Å². The molecule has 3 aromatic heterocycles. The van der Waals surface area contributed by atoms with Crippen molar-refractivity contribution in [2.75, 3.05) is 0 Å². The van der Waals surface area contributed by atoms with Gasteiger partial charge in [0.2, 0.25) is 0 Å². The molecule has 1 aromatic carbocycles. The Morgan fingerprint density at radius 1 is 1.11 bits per heavy atom. The molecular formula is C15H9N2O. The first-order valence-corrected chi connectivity index (χ1v) is 5.75. The van der Waals surface area contributed by atoms with Gasteiger partial charge < -0.3 is 9.40 Å². The number of benzene rings is 1. The number of hydrogen-bond donors (Lipinski definition) is 1. The fraction of sp³-hybridized carbons (Fsp3) is 0. The van der Waals surface area contributed by atoms with Crippen LogP contribution in [0, 0.1) is 6.07 Å². The van der Waals surface area contributed by atoms with Gasteiger partial charge in [-0.2, -0.15) is 0 Å². The first kappa shape index (κ1) is 9.48. The third-order valence-electron chi connectivity index (χ3n) is 3.04. The van der Waals surface area contributed by atoms with Gasteiger partial charge in [0.05, 0.1) is 0 Å². The molecule has 85 valence electrons. The predicted molar refractivity (Wildman–Crippen MR) is 70.1 cm³/mol. The fourth-order valence-corrected chi connectivity index (χ4v) is 2.18. The summed E-state index contributed by atoms with van der Waals surface area (Å²) in [5.41, 5.74) is 2.71. The lowest BCUT2D eigenvalue weighted by Crippen LogP contribution is -1.73. The van der Waals surface area contributed by atoms with E-state index in [4.69, 9.17) is 4.42 Å². The minimum Gasteiger partial charge on any atom is -0.455 e. The lowest BCUT2D eigenvalue weighted by atomic mass is 10.1. The molecule has 3 heteroatoms. The van der Waals surface area contributed by atoms with E-state index in [0.717, 1.165) is 33.3 Å². The maximum absolute atomic E-state index is 5.82. The van der Waals surface area contributed by atoms with Crippen LogP contribution in [0.3, 0.4) is 0 Å². The number of H-pyrrole nitrogens is 1. The van der Waals surface area contributed by atoms with Gasteiger partial charge in [0.25, 0.3) is 0 Å². The van der Waals surface area contributed by atoms with Crippen LogP contribution in [0.15, 0.2) is 53.2 Å². The second kappa shape index (κ2) is 3.47. The molecule has 1 N–H and O–H groups in total. The number of furan rings is 1. The number of hydrogen-bond acceptors (Lipinski definition) is 2. The molecule has 4 rings (SSSR count). The number of nitrogens with one attached hydrogen (secondary N) is 1. The van der Waals surface area contributed by atoms with Gasteiger partial charge in [0.1, 0.15) is 17.0 Å². The summed E-state index contributed by atoms with van der Waals surface area (Å²) < 4.78 is 5.82. The molecule has 4 aromatic rings. The van der Waals surface area contributed by atoms with E-state index in [1.807, 2.05) is 42.6 Å². The standard InChI is InChI=1S/C15H9N2O/c1-2-6-13-10(4-1)8-14(18-13)12-9-17-15-11(12)5-3-7-16-15/h1-7,9H,(H,16,17). The van der Waals surface area contributed by atoms with Crippen LogP contribution in [0.4, 0.5) is 0 Å². The summed E-state index contributed by atoms with van der Waals surface area (Å²) in [5.74, 6) is 0.746. The van der Waals surface area contributed by atoms with Crippen molar-refractivity contribution in [2.45, 2.75) is 0 Å². The van der Waals surface area contributed by atoms with Crippen LogP contribution in [0.25, 0.3) is 33.3 Å². The molecule has 3 heterocycles. The number of pyridine rings is 1. The van der Waals surface area contributed by atoms with Gasteiger partial charge >= 0.3 is 0 Å². The molecule has 0 unspecified atom stereocenters.